The molecule has 0 aromatic heterocycles. The summed E-state index contributed by atoms with van der Waals surface area (Å²) in [4.78, 5) is 25.6. The molecule has 1 heterocycles. The van der Waals surface area contributed by atoms with Gasteiger partial charge in [0.2, 0.25) is 5.91 Å². The summed E-state index contributed by atoms with van der Waals surface area (Å²) in [5.41, 5.74) is 2.55. The van der Waals surface area contributed by atoms with E-state index in [2.05, 4.69) is 24.0 Å². The molecule has 23 heavy (non-hydrogen) atoms. The van der Waals surface area contributed by atoms with E-state index in [0.717, 1.165) is 20.9 Å². The summed E-state index contributed by atoms with van der Waals surface area (Å²) < 4.78 is 1.14. The van der Waals surface area contributed by atoms with Crippen LogP contribution in [-0.4, -0.2) is 21.5 Å². The molecule has 1 aromatic carbocycles. The molecule has 4 nitrogen and oxygen atoms in total. The van der Waals surface area contributed by atoms with Crippen LogP contribution in [0.3, 0.4) is 0 Å². The normalized spacial score (nSPS) is 17.6. The Labute approximate surface area is 150 Å². The van der Waals surface area contributed by atoms with Crippen molar-refractivity contribution in [2.75, 3.05) is 11.4 Å². The van der Waals surface area contributed by atoms with Gasteiger partial charge in [-0.3, -0.25) is 9.59 Å². The van der Waals surface area contributed by atoms with Gasteiger partial charge < -0.3 is 4.90 Å². The molecule has 1 saturated heterocycles. The second kappa shape index (κ2) is 8.10. The van der Waals surface area contributed by atoms with Crippen LogP contribution in [0.5, 0.6) is 0 Å². The number of para-hydroxylation sites is 1. The molecule has 0 atom stereocenters. The number of benzene rings is 1. The van der Waals surface area contributed by atoms with E-state index in [9.17, 15) is 9.59 Å². The maximum absolute atomic E-state index is 12.0. The largest absolute Gasteiger partial charge is 0.348 e. The molecule has 2 amide bonds. The first kappa shape index (κ1) is 17.5. The molecule has 120 valence electrons. The molecule has 0 unspecified atom stereocenters. The summed E-state index contributed by atoms with van der Waals surface area (Å²) in [6.07, 6.45) is 7.83. The fourth-order valence-corrected chi connectivity index (χ4v) is 2.74. The molecule has 0 saturated carbocycles. The standard InChI is InChI=1S/C18H19IN2O2/c1-3-14(12-15-13-17(22)21(19)18(15)23)10-11-20(4-2)16-8-6-5-7-9-16/h3,5-12H,4,13H2,1-2H3/b11-10-,14-3-,15-12+. The lowest BCUT2D eigenvalue weighted by atomic mass is 10.1. The average Bonchev–Trinajstić information content (AvgIpc) is 2.82. The number of amides is 2. The summed E-state index contributed by atoms with van der Waals surface area (Å²) in [6, 6.07) is 10.1. The van der Waals surface area contributed by atoms with Crippen molar-refractivity contribution in [3.05, 3.63) is 65.9 Å². The number of nitrogens with zero attached hydrogens (tertiary/aromatic N) is 2. The van der Waals surface area contributed by atoms with Crippen LogP contribution in [0.1, 0.15) is 20.3 Å². The van der Waals surface area contributed by atoms with Gasteiger partial charge in [-0.25, -0.2) is 3.11 Å². The molecule has 1 aliphatic rings. The zero-order chi connectivity index (χ0) is 16.8. The highest BCUT2D eigenvalue weighted by Gasteiger charge is 2.31. The number of hydrogen-bond donors (Lipinski definition) is 0. The molecule has 1 fully saturated rings. The van der Waals surface area contributed by atoms with Gasteiger partial charge >= 0.3 is 0 Å². The maximum atomic E-state index is 12.0. The number of rotatable bonds is 5. The first-order valence-corrected chi connectivity index (χ1v) is 8.43. The van der Waals surface area contributed by atoms with Crippen LogP contribution in [0.15, 0.2) is 65.9 Å². The number of hydrogen-bond acceptors (Lipinski definition) is 3. The molecule has 5 heteroatoms. The monoisotopic (exact) mass is 422 g/mol. The van der Waals surface area contributed by atoms with E-state index in [1.165, 1.54) is 0 Å². The van der Waals surface area contributed by atoms with Gasteiger partial charge in [0.25, 0.3) is 5.91 Å². The van der Waals surface area contributed by atoms with E-state index in [-0.39, 0.29) is 18.2 Å². The van der Waals surface area contributed by atoms with E-state index < -0.39 is 0 Å². The van der Waals surface area contributed by atoms with Gasteiger partial charge in [-0.1, -0.05) is 24.3 Å². The van der Waals surface area contributed by atoms with Gasteiger partial charge in [0.05, 0.1) is 29.3 Å². The summed E-state index contributed by atoms with van der Waals surface area (Å²) in [6.45, 7) is 4.84. The quantitative estimate of drug-likeness (QED) is 0.237. The molecule has 0 spiro atoms. The Balaban J connectivity index is 2.16. The van der Waals surface area contributed by atoms with Gasteiger partial charge in [0.1, 0.15) is 0 Å². The highest BCUT2D eigenvalue weighted by molar-refractivity contribution is 14.1. The van der Waals surface area contributed by atoms with Crippen molar-refractivity contribution in [1.82, 2.24) is 3.11 Å². The van der Waals surface area contributed by atoms with E-state index in [4.69, 9.17) is 0 Å². The minimum absolute atomic E-state index is 0.166. The topological polar surface area (TPSA) is 40.6 Å². The van der Waals surface area contributed by atoms with Crippen molar-refractivity contribution in [1.29, 1.82) is 0 Å². The van der Waals surface area contributed by atoms with E-state index in [1.54, 1.807) is 28.9 Å². The van der Waals surface area contributed by atoms with Gasteiger partial charge in [0, 0.05) is 24.0 Å². The van der Waals surface area contributed by atoms with Crippen LogP contribution in [0, 0.1) is 0 Å². The number of anilines is 1. The first-order chi connectivity index (χ1) is 11.1. The number of carbonyl (C=O) groups is 2. The van der Waals surface area contributed by atoms with Crippen LogP contribution in [0.25, 0.3) is 0 Å². The molecular weight excluding hydrogens is 403 g/mol. The average molecular weight is 422 g/mol. The maximum Gasteiger partial charge on any atom is 0.265 e. The van der Waals surface area contributed by atoms with Gasteiger partial charge in [-0.05, 0) is 43.7 Å². The van der Waals surface area contributed by atoms with E-state index in [0.29, 0.717) is 5.57 Å². The van der Waals surface area contributed by atoms with Crippen molar-refractivity contribution >= 4 is 40.4 Å². The third-order valence-corrected chi connectivity index (χ3v) is 4.54. The summed E-state index contributed by atoms with van der Waals surface area (Å²) in [5, 5.41) is 0. The van der Waals surface area contributed by atoms with Crippen molar-refractivity contribution in [2.45, 2.75) is 20.3 Å². The van der Waals surface area contributed by atoms with E-state index >= 15 is 0 Å². The predicted octanol–water partition coefficient (Wildman–Crippen LogP) is 4.01. The Bertz CT molecular complexity index is 678. The lowest BCUT2D eigenvalue weighted by Gasteiger charge is -2.18. The Morgan fingerprint density at radius 2 is 2.00 bits per heavy atom. The smallest absolute Gasteiger partial charge is 0.265 e. The summed E-state index contributed by atoms with van der Waals surface area (Å²) in [5.74, 6) is -0.389. The van der Waals surface area contributed by atoms with Crippen LogP contribution in [0.4, 0.5) is 5.69 Å². The molecule has 1 aromatic rings. The minimum atomic E-state index is -0.223. The van der Waals surface area contributed by atoms with Crippen LogP contribution < -0.4 is 4.90 Å². The second-order valence-corrected chi connectivity index (χ2v) is 6.02. The number of carbonyl (C=O) groups excluding carboxylic acids is 2. The zero-order valence-corrected chi connectivity index (χ0v) is 15.4. The summed E-state index contributed by atoms with van der Waals surface area (Å²) in [7, 11) is 0. The number of imide groups is 1. The van der Waals surface area contributed by atoms with Crippen molar-refractivity contribution in [2.24, 2.45) is 0 Å². The zero-order valence-electron chi connectivity index (χ0n) is 13.2. The van der Waals surface area contributed by atoms with Crippen molar-refractivity contribution in [3.8, 4) is 0 Å². The molecule has 0 N–H and O–H groups in total. The lowest BCUT2D eigenvalue weighted by Crippen LogP contribution is -2.16. The van der Waals surface area contributed by atoms with Crippen LogP contribution in [0.2, 0.25) is 0 Å². The lowest BCUT2D eigenvalue weighted by molar-refractivity contribution is -0.129. The molecule has 0 bridgehead atoms. The van der Waals surface area contributed by atoms with E-state index in [1.807, 2.05) is 43.5 Å². The SMILES string of the molecule is C/C=C(/C=C\N(CC)c1ccccc1)\C=C1/CC(=O)N(I)C1=O. The molecule has 0 radical (unpaired) electrons. The van der Waals surface area contributed by atoms with Gasteiger partial charge in [-0.15, -0.1) is 0 Å². The Kier molecular flexibility index (Phi) is 6.15. The fraction of sp³-hybridized carbons (Fsp3) is 0.222. The minimum Gasteiger partial charge on any atom is -0.348 e. The number of allylic oxidation sites excluding steroid dienone is 4. The first-order valence-electron chi connectivity index (χ1n) is 7.46. The van der Waals surface area contributed by atoms with Gasteiger partial charge in [-0.2, -0.15) is 0 Å². The Morgan fingerprint density at radius 3 is 2.52 bits per heavy atom. The third kappa shape index (κ3) is 4.31. The number of halogens is 1. The predicted molar refractivity (Wildman–Crippen MR) is 101 cm³/mol. The molecule has 1 aliphatic heterocycles. The van der Waals surface area contributed by atoms with Crippen LogP contribution >= 0.6 is 22.9 Å². The fourth-order valence-electron chi connectivity index (χ4n) is 2.26. The third-order valence-electron chi connectivity index (χ3n) is 3.56. The Hall–Kier alpha value is -1.89. The second-order valence-electron chi connectivity index (χ2n) is 5.05. The molecule has 2 rings (SSSR count). The Morgan fingerprint density at radius 1 is 1.30 bits per heavy atom. The van der Waals surface area contributed by atoms with Crippen molar-refractivity contribution in [3.63, 3.8) is 0 Å². The summed E-state index contributed by atoms with van der Waals surface area (Å²) >= 11 is 1.75. The van der Waals surface area contributed by atoms with Gasteiger partial charge in [0.15, 0.2) is 0 Å². The van der Waals surface area contributed by atoms with Crippen LogP contribution in [-0.2, 0) is 9.59 Å². The highest BCUT2D eigenvalue weighted by atomic mass is 127. The molecule has 0 aliphatic carbocycles. The van der Waals surface area contributed by atoms with Crippen molar-refractivity contribution < 1.29 is 9.59 Å². The highest BCUT2D eigenvalue weighted by Crippen LogP contribution is 2.24. The molecular formula is C18H19IN2O2.